The van der Waals surface area contributed by atoms with Crippen molar-refractivity contribution in [3.05, 3.63) is 40.0 Å². The number of carboxylic acids is 1. The zero-order valence-electron chi connectivity index (χ0n) is 9.19. The van der Waals surface area contributed by atoms with Gasteiger partial charge in [0.05, 0.1) is 6.20 Å². The fourth-order valence-corrected chi connectivity index (χ4v) is 2.13. The molecule has 2 aromatic rings. The topological polar surface area (TPSA) is 63.3 Å². The summed E-state index contributed by atoms with van der Waals surface area (Å²) in [5.74, 6) is -0.369. The molecule has 1 N–H and O–H groups in total. The average Bonchev–Trinajstić information content (AvgIpc) is 2.72. The van der Waals surface area contributed by atoms with E-state index >= 15 is 0 Å². The van der Waals surface area contributed by atoms with Crippen LogP contribution in [0, 0.1) is 0 Å². The molecule has 4 nitrogen and oxygen atoms in total. The second-order valence-corrected chi connectivity index (χ2v) is 4.60. The maximum atomic E-state index is 10.6. The summed E-state index contributed by atoms with van der Waals surface area (Å²) in [6, 6.07) is 5.00. The molecular weight excluding hydrogens is 277 g/mol. The van der Waals surface area contributed by atoms with E-state index in [-0.39, 0.29) is 6.42 Å². The summed E-state index contributed by atoms with van der Waals surface area (Å²) >= 11 is 11.8. The molecule has 1 aromatic carbocycles. The van der Waals surface area contributed by atoms with Crippen LogP contribution in [0.1, 0.15) is 12.0 Å². The van der Waals surface area contributed by atoms with Crippen molar-refractivity contribution >= 4 is 29.2 Å². The summed E-state index contributed by atoms with van der Waals surface area (Å²) in [6.07, 6.45) is 1.87. The third-order valence-electron chi connectivity index (χ3n) is 2.38. The van der Waals surface area contributed by atoms with Gasteiger partial charge in [0.1, 0.15) is 0 Å². The van der Waals surface area contributed by atoms with Gasteiger partial charge in [-0.15, -0.1) is 0 Å². The summed E-state index contributed by atoms with van der Waals surface area (Å²) in [7, 11) is 0. The predicted octanol–water partition coefficient (Wildman–Crippen LogP) is 3.67. The van der Waals surface area contributed by atoms with Gasteiger partial charge in [0.15, 0.2) is 5.76 Å². The Labute approximate surface area is 113 Å². The van der Waals surface area contributed by atoms with Gasteiger partial charge in [-0.25, -0.2) is 0 Å². The first-order valence-corrected chi connectivity index (χ1v) is 5.93. The lowest BCUT2D eigenvalue weighted by atomic mass is 10.1. The fourth-order valence-electron chi connectivity index (χ4n) is 1.60. The van der Waals surface area contributed by atoms with Crippen LogP contribution in [0.2, 0.25) is 10.0 Å². The smallest absolute Gasteiger partial charge is 0.303 e. The number of aromatic nitrogens is 1. The molecule has 0 aliphatic rings. The maximum absolute atomic E-state index is 10.6. The van der Waals surface area contributed by atoms with Crippen LogP contribution in [0.25, 0.3) is 11.3 Å². The Morgan fingerprint density at radius 2 is 1.94 bits per heavy atom. The van der Waals surface area contributed by atoms with E-state index in [4.69, 9.17) is 32.8 Å². The van der Waals surface area contributed by atoms with Gasteiger partial charge in [0.25, 0.3) is 0 Å². The quantitative estimate of drug-likeness (QED) is 0.931. The van der Waals surface area contributed by atoms with Crippen molar-refractivity contribution in [2.75, 3.05) is 0 Å². The number of halogens is 2. The van der Waals surface area contributed by atoms with Crippen molar-refractivity contribution in [1.29, 1.82) is 0 Å². The molecule has 0 unspecified atom stereocenters. The Kier molecular flexibility index (Phi) is 3.89. The van der Waals surface area contributed by atoms with Crippen molar-refractivity contribution < 1.29 is 14.4 Å². The number of carbonyl (C=O) groups is 1. The standard InChI is InChI=1S/C12H9Cl2NO3/c13-9-3-8(4-10(14)5-9)12-7(6-15-18-12)1-2-11(16)17/h3-6H,1-2H2,(H,16,17). The Balaban J connectivity index is 2.33. The van der Waals surface area contributed by atoms with E-state index in [0.717, 1.165) is 5.56 Å². The van der Waals surface area contributed by atoms with Crippen LogP contribution in [0.15, 0.2) is 28.9 Å². The molecule has 0 spiro atoms. The van der Waals surface area contributed by atoms with Gasteiger partial charge in [-0.2, -0.15) is 0 Å². The molecule has 0 fully saturated rings. The number of rotatable bonds is 4. The molecule has 1 heterocycles. The Morgan fingerprint density at radius 3 is 2.56 bits per heavy atom. The normalized spacial score (nSPS) is 10.6. The van der Waals surface area contributed by atoms with Crippen LogP contribution in [-0.2, 0) is 11.2 Å². The number of aryl methyl sites for hydroxylation is 1. The number of carboxylic acid groups (broad SMARTS) is 1. The van der Waals surface area contributed by atoms with Crippen LogP contribution < -0.4 is 0 Å². The molecular formula is C12H9Cl2NO3. The summed E-state index contributed by atoms with van der Waals surface area (Å²) in [5.41, 5.74) is 1.40. The monoisotopic (exact) mass is 285 g/mol. The van der Waals surface area contributed by atoms with E-state index in [0.29, 0.717) is 27.8 Å². The van der Waals surface area contributed by atoms with Gasteiger partial charge < -0.3 is 9.63 Å². The van der Waals surface area contributed by atoms with E-state index in [1.165, 1.54) is 6.20 Å². The number of hydrogen-bond donors (Lipinski definition) is 1. The highest BCUT2D eigenvalue weighted by Gasteiger charge is 2.13. The molecule has 0 aliphatic heterocycles. The van der Waals surface area contributed by atoms with E-state index in [1.54, 1.807) is 18.2 Å². The van der Waals surface area contributed by atoms with E-state index in [1.807, 2.05) is 0 Å². The Morgan fingerprint density at radius 1 is 1.28 bits per heavy atom. The van der Waals surface area contributed by atoms with Crippen molar-refractivity contribution in [2.45, 2.75) is 12.8 Å². The van der Waals surface area contributed by atoms with Gasteiger partial charge in [-0.05, 0) is 24.6 Å². The molecule has 0 radical (unpaired) electrons. The summed E-state index contributed by atoms with van der Waals surface area (Å²) in [5, 5.41) is 13.3. The lowest BCUT2D eigenvalue weighted by molar-refractivity contribution is -0.136. The highest BCUT2D eigenvalue weighted by Crippen LogP contribution is 2.30. The van der Waals surface area contributed by atoms with Gasteiger partial charge in [0, 0.05) is 27.6 Å². The summed E-state index contributed by atoms with van der Waals surface area (Å²) in [6.45, 7) is 0. The first kappa shape index (κ1) is 12.9. The first-order valence-electron chi connectivity index (χ1n) is 5.18. The summed E-state index contributed by atoms with van der Waals surface area (Å²) in [4.78, 5) is 10.6. The van der Waals surface area contributed by atoms with E-state index < -0.39 is 5.97 Å². The second-order valence-electron chi connectivity index (χ2n) is 3.73. The van der Waals surface area contributed by atoms with Crippen molar-refractivity contribution in [3.63, 3.8) is 0 Å². The minimum atomic E-state index is -0.869. The van der Waals surface area contributed by atoms with Crippen LogP contribution in [0.5, 0.6) is 0 Å². The van der Waals surface area contributed by atoms with Gasteiger partial charge in [-0.3, -0.25) is 4.79 Å². The van der Waals surface area contributed by atoms with Crippen LogP contribution >= 0.6 is 23.2 Å². The molecule has 0 amide bonds. The predicted molar refractivity (Wildman–Crippen MR) is 67.9 cm³/mol. The second kappa shape index (κ2) is 5.42. The zero-order valence-corrected chi connectivity index (χ0v) is 10.7. The molecule has 94 valence electrons. The number of nitrogens with zero attached hydrogens (tertiary/aromatic N) is 1. The minimum Gasteiger partial charge on any atom is -0.481 e. The van der Waals surface area contributed by atoms with Crippen LogP contribution in [-0.4, -0.2) is 16.2 Å². The highest BCUT2D eigenvalue weighted by molar-refractivity contribution is 6.35. The van der Waals surface area contributed by atoms with Crippen LogP contribution in [0.4, 0.5) is 0 Å². The number of benzene rings is 1. The van der Waals surface area contributed by atoms with Crippen molar-refractivity contribution in [1.82, 2.24) is 5.16 Å². The minimum absolute atomic E-state index is 0.0164. The van der Waals surface area contributed by atoms with Gasteiger partial charge in [-0.1, -0.05) is 28.4 Å². The van der Waals surface area contributed by atoms with E-state index in [2.05, 4.69) is 5.16 Å². The maximum Gasteiger partial charge on any atom is 0.303 e. The van der Waals surface area contributed by atoms with Crippen molar-refractivity contribution in [3.8, 4) is 11.3 Å². The number of hydrogen-bond acceptors (Lipinski definition) is 3. The molecule has 18 heavy (non-hydrogen) atoms. The molecule has 1 aromatic heterocycles. The third-order valence-corrected chi connectivity index (χ3v) is 2.81. The molecule has 0 aliphatic carbocycles. The first-order chi connectivity index (χ1) is 8.56. The van der Waals surface area contributed by atoms with E-state index in [9.17, 15) is 4.79 Å². The zero-order chi connectivity index (χ0) is 13.1. The fraction of sp³-hybridized carbons (Fsp3) is 0.167. The number of aliphatic carboxylic acids is 1. The highest BCUT2D eigenvalue weighted by atomic mass is 35.5. The van der Waals surface area contributed by atoms with Crippen LogP contribution in [0.3, 0.4) is 0 Å². The molecule has 2 rings (SSSR count). The molecule has 0 atom stereocenters. The Bertz CT molecular complexity index is 560. The van der Waals surface area contributed by atoms with Gasteiger partial charge in [0.2, 0.25) is 0 Å². The third kappa shape index (κ3) is 3.03. The largest absolute Gasteiger partial charge is 0.481 e. The van der Waals surface area contributed by atoms with Gasteiger partial charge >= 0.3 is 5.97 Å². The lowest BCUT2D eigenvalue weighted by Crippen LogP contribution is -1.97. The summed E-state index contributed by atoms with van der Waals surface area (Å²) < 4.78 is 5.13. The molecule has 0 bridgehead atoms. The molecule has 0 saturated heterocycles. The SMILES string of the molecule is O=C(O)CCc1cnoc1-c1cc(Cl)cc(Cl)c1. The van der Waals surface area contributed by atoms with Crippen molar-refractivity contribution in [2.24, 2.45) is 0 Å². The average molecular weight is 286 g/mol. The lowest BCUT2D eigenvalue weighted by Gasteiger charge is -2.02. The molecule has 0 saturated carbocycles. The molecule has 6 heteroatoms. The Hall–Kier alpha value is -1.52.